The number of benzene rings is 1. The van der Waals surface area contributed by atoms with Crippen molar-refractivity contribution >= 4 is 28.5 Å². The monoisotopic (exact) mass is 521 g/mol. The van der Waals surface area contributed by atoms with E-state index in [1.165, 1.54) is 4.68 Å². The van der Waals surface area contributed by atoms with E-state index in [0.29, 0.717) is 34.5 Å². The molecular formula is C29H27N7O3. The average Bonchev–Trinajstić information content (AvgIpc) is 3.86. The first-order valence-electron chi connectivity index (χ1n) is 13.2. The molecule has 39 heavy (non-hydrogen) atoms. The number of furan rings is 1. The second-order valence-electron chi connectivity index (χ2n) is 10.3. The van der Waals surface area contributed by atoms with E-state index in [-0.39, 0.29) is 18.1 Å². The summed E-state index contributed by atoms with van der Waals surface area (Å²) in [5.41, 5.74) is 4.39. The van der Waals surface area contributed by atoms with Crippen LogP contribution in [0.4, 0.5) is 5.69 Å². The molecule has 2 fully saturated rings. The Bertz CT molecular complexity index is 1690. The fraction of sp³-hybridized carbons (Fsp3) is 0.276. The number of aromatic nitrogens is 5. The van der Waals surface area contributed by atoms with Gasteiger partial charge >= 0.3 is 0 Å². The Labute approximate surface area is 224 Å². The Kier molecular flexibility index (Phi) is 5.54. The maximum absolute atomic E-state index is 13.9. The molecule has 2 N–H and O–H groups in total. The van der Waals surface area contributed by atoms with E-state index in [2.05, 4.69) is 15.7 Å². The van der Waals surface area contributed by atoms with Crippen molar-refractivity contribution in [3.63, 3.8) is 0 Å². The summed E-state index contributed by atoms with van der Waals surface area (Å²) >= 11 is 0. The minimum Gasteiger partial charge on any atom is -0.467 e. The number of carbonyl (C=O) groups is 2. The van der Waals surface area contributed by atoms with Crippen molar-refractivity contribution in [3.8, 4) is 5.69 Å². The fourth-order valence-electron chi connectivity index (χ4n) is 4.92. The molecule has 196 valence electrons. The molecule has 4 aromatic heterocycles. The molecule has 0 unspecified atom stereocenters. The van der Waals surface area contributed by atoms with Gasteiger partial charge in [0.15, 0.2) is 11.3 Å². The number of rotatable bonds is 8. The Morgan fingerprint density at radius 3 is 2.51 bits per heavy atom. The molecule has 0 spiro atoms. The number of pyridine rings is 1. The lowest BCUT2D eigenvalue weighted by molar-refractivity contribution is 0.0943. The molecule has 5 aromatic rings. The van der Waals surface area contributed by atoms with Crippen LogP contribution in [0.3, 0.4) is 0 Å². The summed E-state index contributed by atoms with van der Waals surface area (Å²) in [6, 6.07) is 15.4. The summed E-state index contributed by atoms with van der Waals surface area (Å²) in [5.74, 6) is 0.549. The molecule has 0 atom stereocenters. The molecule has 7 rings (SSSR count). The maximum Gasteiger partial charge on any atom is 0.274 e. The van der Waals surface area contributed by atoms with Crippen LogP contribution in [0.5, 0.6) is 0 Å². The van der Waals surface area contributed by atoms with Crippen molar-refractivity contribution in [2.75, 3.05) is 5.32 Å². The molecule has 2 amide bonds. The van der Waals surface area contributed by atoms with Gasteiger partial charge in [0.2, 0.25) is 0 Å². The zero-order valence-corrected chi connectivity index (χ0v) is 21.4. The molecule has 0 radical (unpaired) electrons. The van der Waals surface area contributed by atoms with Crippen molar-refractivity contribution in [1.29, 1.82) is 0 Å². The van der Waals surface area contributed by atoms with Crippen molar-refractivity contribution in [2.24, 2.45) is 7.05 Å². The molecule has 0 aliphatic heterocycles. The fourth-order valence-corrected chi connectivity index (χ4v) is 4.92. The SMILES string of the molecule is Cn1cc(NC(=O)c2cc(C3CC3)nc3c2c(C2CC2)nn3-c2ccccc2)c(C(=O)NCc2ccco2)n1. The summed E-state index contributed by atoms with van der Waals surface area (Å²) in [7, 11) is 1.71. The van der Waals surface area contributed by atoms with Crippen LogP contribution in [0, 0.1) is 0 Å². The largest absolute Gasteiger partial charge is 0.467 e. The van der Waals surface area contributed by atoms with Gasteiger partial charge in [-0.1, -0.05) is 18.2 Å². The van der Waals surface area contributed by atoms with Gasteiger partial charge in [0.1, 0.15) is 5.76 Å². The summed E-state index contributed by atoms with van der Waals surface area (Å²) < 4.78 is 8.68. The number of nitrogens with one attached hydrogen (secondary N) is 2. The lowest BCUT2D eigenvalue weighted by Crippen LogP contribution is -2.25. The maximum atomic E-state index is 13.9. The van der Waals surface area contributed by atoms with E-state index >= 15 is 0 Å². The molecule has 0 saturated heterocycles. The van der Waals surface area contributed by atoms with E-state index in [4.69, 9.17) is 14.5 Å². The number of aryl methyl sites for hydroxylation is 1. The average molecular weight is 522 g/mol. The summed E-state index contributed by atoms with van der Waals surface area (Å²) in [6.45, 7) is 0.217. The van der Waals surface area contributed by atoms with Crippen LogP contribution < -0.4 is 10.6 Å². The third-order valence-electron chi connectivity index (χ3n) is 7.19. The normalized spacial score (nSPS) is 15.0. The predicted molar refractivity (Wildman–Crippen MR) is 144 cm³/mol. The minimum absolute atomic E-state index is 0.132. The first kappa shape index (κ1) is 23.4. The highest BCUT2D eigenvalue weighted by Crippen LogP contribution is 2.45. The molecule has 10 nitrogen and oxygen atoms in total. The zero-order chi connectivity index (χ0) is 26.5. The molecule has 1 aromatic carbocycles. The van der Waals surface area contributed by atoms with Crippen LogP contribution in [-0.2, 0) is 13.6 Å². The second-order valence-corrected chi connectivity index (χ2v) is 10.3. The van der Waals surface area contributed by atoms with Gasteiger partial charge in [-0.05, 0) is 56.0 Å². The number of para-hydroxylation sites is 1. The van der Waals surface area contributed by atoms with Crippen molar-refractivity contribution < 1.29 is 14.0 Å². The summed E-state index contributed by atoms with van der Waals surface area (Å²) in [6.07, 6.45) is 7.36. The van der Waals surface area contributed by atoms with Gasteiger partial charge in [-0.3, -0.25) is 14.3 Å². The van der Waals surface area contributed by atoms with E-state index in [0.717, 1.165) is 48.1 Å². The molecule has 2 aliphatic rings. The quantitative estimate of drug-likeness (QED) is 0.306. The van der Waals surface area contributed by atoms with Crippen molar-refractivity contribution in [3.05, 3.63) is 89.4 Å². The van der Waals surface area contributed by atoms with Crippen LogP contribution in [0.2, 0.25) is 0 Å². The Balaban J connectivity index is 1.27. The van der Waals surface area contributed by atoms with E-state index in [1.54, 1.807) is 31.6 Å². The third-order valence-corrected chi connectivity index (χ3v) is 7.19. The number of anilines is 1. The van der Waals surface area contributed by atoms with Crippen LogP contribution in [0.25, 0.3) is 16.7 Å². The first-order valence-corrected chi connectivity index (χ1v) is 13.2. The highest BCUT2D eigenvalue weighted by Gasteiger charge is 2.35. The van der Waals surface area contributed by atoms with E-state index in [1.807, 2.05) is 41.1 Å². The van der Waals surface area contributed by atoms with Gasteiger partial charge in [-0.2, -0.15) is 10.2 Å². The topological polar surface area (TPSA) is 120 Å². The van der Waals surface area contributed by atoms with Crippen LogP contribution >= 0.6 is 0 Å². The van der Waals surface area contributed by atoms with Crippen LogP contribution in [0.15, 0.2) is 65.4 Å². The highest BCUT2D eigenvalue weighted by atomic mass is 16.3. The first-order chi connectivity index (χ1) is 19.0. The highest BCUT2D eigenvalue weighted by molar-refractivity contribution is 6.14. The van der Waals surface area contributed by atoms with Gasteiger partial charge in [0, 0.05) is 30.8 Å². The van der Waals surface area contributed by atoms with Gasteiger partial charge < -0.3 is 15.1 Å². The summed E-state index contributed by atoms with van der Waals surface area (Å²) in [5, 5.41) is 15.8. The molecule has 0 bridgehead atoms. The van der Waals surface area contributed by atoms with Gasteiger partial charge in [0.05, 0.1) is 40.8 Å². The molecule has 2 aliphatic carbocycles. The second kappa shape index (κ2) is 9.23. The molecule has 10 heteroatoms. The number of carbonyl (C=O) groups excluding carboxylic acids is 2. The van der Waals surface area contributed by atoms with Crippen LogP contribution in [-0.4, -0.2) is 36.4 Å². The lowest BCUT2D eigenvalue weighted by Gasteiger charge is -2.10. The van der Waals surface area contributed by atoms with Crippen molar-refractivity contribution in [1.82, 2.24) is 29.9 Å². The van der Waals surface area contributed by atoms with Crippen LogP contribution in [0.1, 0.15) is 75.5 Å². The van der Waals surface area contributed by atoms with Gasteiger partial charge in [-0.25, -0.2) is 9.67 Å². The Morgan fingerprint density at radius 1 is 1.00 bits per heavy atom. The molecule has 4 heterocycles. The lowest BCUT2D eigenvalue weighted by atomic mass is 10.0. The standard InChI is InChI=1S/C29H27N7O3/c1-35-16-23(26(33-35)29(38)30-15-20-8-5-13-39-20)32-28(37)21-14-22(17-9-10-17)31-27-24(21)25(18-11-12-18)34-36(27)19-6-3-2-4-7-19/h2-8,13-14,16-18H,9-12,15H2,1H3,(H,30,38)(H,32,37). The van der Waals surface area contributed by atoms with Crippen molar-refractivity contribution in [2.45, 2.75) is 44.1 Å². The zero-order valence-electron chi connectivity index (χ0n) is 21.4. The number of fused-ring (bicyclic) bond motifs is 1. The Hall–Kier alpha value is -4.73. The van der Waals surface area contributed by atoms with E-state index < -0.39 is 5.91 Å². The van der Waals surface area contributed by atoms with Gasteiger partial charge in [0.25, 0.3) is 11.8 Å². The smallest absolute Gasteiger partial charge is 0.274 e. The third kappa shape index (κ3) is 4.47. The predicted octanol–water partition coefficient (Wildman–Crippen LogP) is 4.68. The number of amides is 2. The minimum atomic E-state index is -0.406. The summed E-state index contributed by atoms with van der Waals surface area (Å²) in [4.78, 5) is 31.9. The molecular weight excluding hydrogens is 494 g/mol. The Morgan fingerprint density at radius 2 is 1.79 bits per heavy atom. The van der Waals surface area contributed by atoms with E-state index in [9.17, 15) is 9.59 Å². The number of hydrogen-bond donors (Lipinski definition) is 2. The number of nitrogens with zero attached hydrogens (tertiary/aromatic N) is 5. The molecule has 2 saturated carbocycles. The number of hydrogen-bond acceptors (Lipinski definition) is 6. The van der Waals surface area contributed by atoms with Gasteiger partial charge in [-0.15, -0.1) is 0 Å².